The molecule has 10 rings (SSSR count). The van der Waals surface area contributed by atoms with Crippen LogP contribution in [0.15, 0.2) is 134 Å². The summed E-state index contributed by atoms with van der Waals surface area (Å²) >= 11 is 0. The third-order valence-electron chi connectivity index (χ3n) is 9.62. The Labute approximate surface area is 329 Å². The van der Waals surface area contributed by atoms with Crippen molar-refractivity contribution in [3.63, 3.8) is 0 Å². The smallest absolute Gasteiger partial charge is 0.292 e. The first kappa shape index (κ1) is 39.4. The molecule has 0 radical (unpaired) electrons. The molecular weight excluding hydrogens is 721 g/mol. The van der Waals surface area contributed by atoms with Crippen molar-refractivity contribution in [1.29, 1.82) is 0 Å². The quantitative estimate of drug-likeness (QED) is 0.106. The molecule has 0 bridgehead atoms. The molecule has 5 amide bonds. The summed E-state index contributed by atoms with van der Waals surface area (Å²) in [6.07, 6.45) is 2.87. The van der Waals surface area contributed by atoms with E-state index >= 15 is 0 Å². The Hall–Kier alpha value is -7.27. The largest absolute Gasteiger partial charge is 0.326 e. The van der Waals surface area contributed by atoms with E-state index < -0.39 is 5.91 Å². The standard InChI is InChI=1S/C11H12O.C10H9NO.C9H7NO2.C8H5NO2.C8H7NO/c1-8-6-10(12)7-9-4-2-3-5-11(8)9;1-7-6-8-4-2-3-5-9(8)10(12)11-7;11-8-5-6-3-1-2-4-7(6)10-9(8)12;10-7-5-3-1-2-4-6(5)8(11)9-7;10-8-5-6-3-1-2-4-7(6)9-8/h2-5,8H,6-7H2,1H3;2-5H,1,6H2,(H,11,12);1-4H,5H2,(H,10,12);1-4H,(H,9,10,11);1-4H,5H2,(H,9,10). The summed E-state index contributed by atoms with van der Waals surface area (Å²) in [5, 5.41) is 10.2. The number of imide groups is 1. The molecular formula is C46H40N4O7. The number of amides is 5. The molecule has 0 saturated carbocycles. The zero-order chi connectivity index (χ0) is 40.5. The molecule has 11 nitrogen and oxygen atoms in total. The van der Waals surface area contributed by atoms with Gasteiger partial charge < -0.3 is 16.0 Å². The average Bonchev–Trinajstić information content (AvgIpc) is 3.73. The third-order valence-corrected chi connectivity index (χ3v) is 9.62. The van der Waals surface area contributed by atoms with E-state index in [9.17, 15) is 33.6 Å². The lowest BCUT2D eigenvalue weighted by molar-refractivity contribution is -0.134. The minimum Gasteiger partial charge on any atom is -0.326 e. The minimum atomic E-state index is -0.506. The lowest BCUT2D eigenvalue weighted by atomic mass is 9.83. The maximum atomic E-state index is 11.3. The van der Waals surface area contributed by atoms with E-state index in [1.807, 2.05) is 78.9 Å². The topological polar surface area (TPSA) is 168 Å². The van der Waals surface area contributed by atoms with Gasteiger partial charge in [-0.2, -0.15) is 0 Å². The first-order valence-corrected chi connectivity index (χ1v) is 18.4. The zero-order valence-electron chi connectivity index (χ0n) is 31.2. The van der Waals surface area contributed by atoms with E-state index in [2.05, 4.69) is 46.9 Å². The van der Waals surface area contributed by atoms with Gasteiger partial charge in [-0.05, 0) is 64.1 Å². The second-order valence-electron chi connectivity index (χ2n) is 13.8. The Kier molecular flexibility index (Phi) is 12.4. The highest BCUT2D eigenvalue weighted by Gasteiger charge is 2.25. The first-order chi connectivity index (χ1) is 27.5. The molecule has 0 aromatic heterocycles. The first-order valence-electron chi connectivity index (χ1n) is 18.4. The molecule has 57 heavy (non-hydrogen) atoms. The molecule has 4 heterocycles. The monoisotopic (exact) mass is 760 g/mol. The van der Waals surface area contributed by atoms with Crippen LogP contribution < -0.4 is 21.3 Å². The molecule has 1 unspecified atom stereocenters. The number of rotatable bonds is 0. The van der Waals surface area contributed by atoms with Gasteiger partial charge in [0.15, 0.2) is 0 Å². The number of fused-ring (bicyclic) bond motifs is 5. The number of carbonyl (C=O) groups excluding carboxylic acids is 7. The van der Waals surface area contributed by atoms with Gasteiger partial charge in [-0.1, -0.05) is 104 Å². The number of anilines is 2. The van der Waals surface area contributed by atoms with Crippen LogP contribution in [0.3, 0.4) is 0 Å². The number of benzene rings is 5. The normalized spacial score (nSPS) is 16.5. The van der Waals surface area contributed by atoms with Crippen LogP contribution in [-0.2, 0) is 44.9 Å². The predicted molar refractivity (Wildman–Crippen MR) is 216 cm³/mol. The molecule has 0 spiro atoms. The molecule has 1 aliphatic carbocycles. The van der Waals surface area contributed by atoms with Crippen molar-refractivity contribution in [2.75, 3.05) is 10.6 Å². The van der Waals surface area contributed by atoms with Gasteiger partial charge in [-0.3, -0.25) is 38.9 Å². The van der Waals surface area contributed by atoms with Crippen molar-refractivity contribution in [2.45, 2.75) is 44.9 Å². The summed E-state index contributed by atoms with van der Waals surface area (Å²) in [6, 6.07) is 37.6. The predicted octanol–water partition coefficient (Wildman–Crippen LogP) is 6.29. The number of hydrogen-bond donors (Lipinski definition) is 4. The molecule has 0 saturated heterocycles. The number of para-hydroxylation sites is 2. The van der Waals surface area contributed by atoms with Gasteiger partial charge >= 0.3 is 0 Å². The Morgan fingerprint density at radius 1 is 0.456 bits per heavy atom. The Morgan fingerprint density at radius 3 is 1.58 bits per heavy atom. The van der Waals surface area contributed by atoms with Crippen molar-refractivity contribution in [2.24, 2.45) is 0 Å². The van der Waals surface area contributed by atoms with Crippen molar-refractivity contribution in [3.05, 3.63) is 178 Å². The molecule has 5 aromatic carbocycles. The summed E-state index contributed by atoms with van der Waals surface area (Å²) < 4.78 is 0. The molecule has 5 aliphatic rings. The van der Waals surface area contributed by atoms with Crippen molar-refractivity contribution in [1.82, 2.24) is 10.6 Å². The lowest BCUT2D eigenvalue weighted by Gasteiger charge is -2.20. The number of carbonyl (C=O) groups is 7. The van der Waals surface area contributed by atoms with E-state index in [0.29, 0.717) is 35.7 Å². The lowest BCUT2D eigenvalue weighted by Crippen LogP contribution is -2.29. The van der Waals surface area contributed by atoms with Crippen LogP contribution in [0.1, 0.15) is 78.2 Å². The second kappa shape index (κ2) is 17.9. The maximum Gasteiger partial charge on any atom is 0.292 e. The summed E-state index contributed by atoms with van der Waals surface area (Å²) in [5.41, 5.74) is 9.84. The van der Waals surface area contributed by atoms with Gasteiger partial charge in [-0.25, -0.2) is 0 Å². The van der Waals surface area contributed by atoms with Crippen LogP contribution in [-0.4, -0.2) is 41.1 Å². The molecule has 4 N–H and O–H groups in total. The molecule has 1 atom stereocenters. The second-order valence-corrected chi connectivity index (χ2v) is 13.8. The fourth-order valence-electron chi connectivity index (χ4n) is 6.83. The Morgan fingerprint density at radius 2 is 0.947 bits per heavy atom. The molecule has 0 fully saturated rings. The SMILES string of the molecule is C=C1Cc2ccccc2C(=O)N1.CC1CC(=O)Cc2ccccc21.O=C1Cc2ccccc2N1.O=C1Cc2ccccc2NC1=O.O=C1NC(=O)c2ccccc21. The maximum absolute atomic E-state index is 11.3. The van der Waals surface area contributed by atoms with Gasteiger partial charge in [0.05, 0.1) is 17.5 Å². The number of allylic oxidation sites excluding steroid dienone is 1. The van der Waals surface area contributed by atoms with Gasteiger partial charge in [-0.15, -0.1) is 0 Å². The highest BCUT2D eigenvalue weighted by Crippen LogP contribution is 2.29. The van der Waals surface area contributed by atoms with E-state index in [4.69, 9.17) is 0 Å². The Balaban J connectivity index is 0.000000121. The van der Waals surface area contributed by atoms with Gasteiger partial charge in [0.1, 0.15) is 5.78 Å². The summed E-state index contributed by atoms with van der Waals surface area (Å²) in [4.78, 5) is 77.1. The fraction of sp³-hybridized carbons (Fsp3) is 0.152. The number of hydrogen-bond acceptors (Lipinski definition) is 7. The van der Waals surface area contributed by atoms with Crippen LogP contribution in [0, 0.1) is 0 Å². The molecule has 5 aromatic rings. The van der Waals surface area contributed by atoms with Gasteiger partial charge in [0.25, 0.3) is 23.6 Å². The Bertz CT molecular complexity index is 2340. The van der Waals surface area contributed by atoms with Crippen LogP contribution >= 0.6 is 0 Å². The van der Waals surface area contributed by atoms with Crippen molar-refractivity contribution >= 4 is 52.5 Å². The summed E-state index contributed by atoms with van der Waals surface area (Å²) in [7, 11) is 0. The van der Waals surface area contributed by atoms with Crippen molar-refractivity contribution in [3.8, 4) is 0 Å². The highest BCUT2D eigenvalue weighted by molar-refractivity contribution is 6.42. The van der Waals surface area contributed by atoms with Crippen LogP contribution in [0.25, 0.3) is 0 Å². The zero-order valence-corrected chi connectivity index (χ0v) is 31.2. The molecule has 286 valence electrons. The highest BCUT2D eigenvalue weighted by atomic mass is 16.2. The molecule has 11 heteroatoms. The summed E-state index contributed by atoms with van der Waals surface area (Å²) in [6.45, 7) is 5.85. The number of nitrogens with one attached hydrogen (secondary N) is 4. The average molecular weight is 761 g/mol. The van der Waals surface area contributed by atoms with Crippen LogP contribution in [0.5, 0.6) is 0 Å². The third kappa shape index (κ3) is 9.89. The number of ketones is 2. The van der Waals surface area contributed by atoms with E-state index in [-0.39, 0.29) is 35.8 Å². The van der Waals surface area contributed by atoms with Crippen LogP contribution in [0.2, 0.25) is 0 Å². The fourth-order valence-corrected chi connectivity index (χ4v) is 6.83. The van der Waals surface area contributed by atoms with E-state index in [1.54, 1.807) is 30.3 Å². The summed E-state index contributed by atoms with van der Waals surface area (Å²) in [5.74, 6) is -0.620. The van der Waals surface area contributed by atoms with E-state index in [1.165, 1.54) is 11.1 Å². The van der Waals surface area contributed by atoms with Gasteiger partial charge in [0.2, 0.25) is 11.7 Å². The van der Waals surface area contributed by atoms with Crippen LogP contribution in [0.4, 0.5) is 11.4 Å². The molecule has 4 aliphatic heterocycles. The van der Waals surface area contributed by atoms with E-state index in [0.717, 1.165) is 52.2 Å². The number of Topliss-reactive ketones (excluding diaryl/α,β-unsaturated/α-hetero) is 2. The van der Waals surface area contributed by atoms with Gasteiger partial charge in [0, 0.05) is 48.3 Å². The minimum absolute atomic E-state index is 0.0400. The van der Waals surface area contributed by atoms with Crippen molar-refractivity contribution < 1.29 is 33.6 Å².